The van der Waals surface area contributed by atoms with Crippen molar-refractivity contribution in [3.63, 3.8) is 0 Å². The lowest BCUT2D eigenvalue weighted by molar-refractivity contribution is -0.144. The highest BCUT2D eigenvalue weighted by Gasteiger charge is 2.44. The van der Waals surface area contributed by atoms with Gasteiger partial charge in [0.05, 0.1) is 60.3 Å². The van der Waals surface area contributed by atoms with E-state index in [9.17, 15) is 29.4 Å². The van der Waals surface area contributed by atoms with Crippen molar-refractivity contribution in [2.45, 2.75) is 72.0 Å². The highest BCUT2D eigenvalue weighted by atomic mass is 32.1. The molecule has 5 heterocycles. The molecule has 0 radical (unpaired) electrons. The number of aliphatic hydroxyl groups excluding tert-OH is 1. The van der Waals surface area contributed by atoms with Gasteiger partial charge in [0.2, 0.25) is 17.7 Å². The second-order valence-electron chi connectivity index (χ2n) is 19.7. The third-order valence-electron chi connectivity index (χ3n) is 13.0. The van der Waals surface area contributed by atoms with Gasteiger partial charge in [-0.25, -0.2) is 19.4 Å². The highest BCUT2D eigenvalue weighted by molar-refractivity contribution is 7.13. The summed E-state index contributed by atoms with van der Waals surface area (Å²) >= 11 is 1.57. The van der Waals surface area contributed by atoms with E-state index in [2.05, 4.69) is 31.2 Å². The quantitative estimate of drug-likeness (QED) is 0.0412. The maximum Gasteiger partial charge on any atom is 0.335 e. The van der Waals surface area contributed by atoms with Gasteiger partial charge in [0.1, 0.15) is 53.9 Å². The van der Waals surface area contributed by atoms with Crippen LogP contribution in [-0.2, 0) is 43.6 Å². The van der Waals surface area contributed by atoms with E-state index in [0.29, 0.717) is 41.8 Å². The zero-order valence-electron chi connectivity index (χ0n) is 43.1. The lowest BCUT2D eigenvalue weighted by Gasteiger charge is -2.35. The second kappa shape index (κ2) is 24.1. The molecule has 20 heteroatoms. The van der Waals surface area contributed by atoms with E-state index in [4.69, 9.17) is 19.2 Å². The third-order valence-corrected chi connectivity index (χ3v) is 14.0. The van der Waals surface area contributed by atoms with Gasteiger partial charge in [0.15, 0.2) is 0 Å². The van der Waals surface area contributed by atoms with Gasteiger partial charge in [0, 0.05) is 37.0 Å². The number of nitrogens with zero attached hydrogens (tertiary/aromatic N) is 7. The number of aromatic carboxylic acids is 1. The van der Waals surface area contributed by atoms with Gasteiger partial charge in [-0.15, -0.1) is 16.4 Å². The van der Waals surface area contributed by atoms with Crippen molar-refractivity contribution < 1.29 is 43.6 Å². The Labute approximate surface area is 448 Å². The molecule has 4 aromatic carbocycles. The molecule has 77 heavy (non-hydrogen) atoms. The zero-order valence-corrected chi connectivity index (χ0v) is 43.9. The van der Waals surface area contributed by atoms with Gasteiger partial charge in [0.25, 0.3) is 0 Å². The number of likely N-dealkylation sites (tertiary alicyclic amines) is 1. The first-order valence-electron chi connectivity index (χ1n) is 25.2. The van der Waals surface area contributed by atoms with E-state index in [0.717, 1.165) is 44.0 Å². The van der Waals surface area contributed by atoms with Crippen molar-refractivity contribution in [3.8, 4) is 38.6 Å². The van der Waals surface area contributed by atoms with Crippen molar-refractivity contribution in [2.24, 2.45) is 5.41 Å². The van der Waals surface area contributed by atoms with Crippen LogP contribution in [0.2, 0.25) is 0 Å². The molecule has 19 nitrogen and oxygen atoms in total. The number of thiazole rings is 1. The van der Waals surface area contributed by atoms with Crippen molar-refractivity contribution in [1.82, 2.24) is 44.9 Å². The number of hydrogen-bond acceptors (Lipinski definition) is 14. The number of carbonyl (C=O) groups excluding carboxylic acids is 3. The van der Waals surface area contributed by atoms with Gasteiger partial charge in [-0.3, -0.25) is 18.8 Å². The molecule has 4 aromatic heterocycles. The number of aromatic nitrogens is 6. The molecule has 0 aliphatic carbocycles. The Kier molecular flexibility index (Phi) is 16.8. The average molecular weight is 1060 g/mol. The minimum atomic E-state index is -0.998. The first kappa shape index (κ1) is 53.5. The Morgan fingerprint density at radius 2 is 1.60 bits per heavy atom. The number of ether oxygens (including phenoxy) is 3. The minimum absolute atomic E-state index is 0.0308. The Hall–Kier alpha value is -8.30. The number of fused-ring (bicyclic) bond motifs is 1. The summed E-state index contributed by atoms with van der Waals surface area (Å²) in [6, 6.07) is 34.2. The van der Waals surface area contributed by atoms with Crippen LogP contribution >= 0.6 is 11.3 Å². The highest BCUT2D eigenvalue weighted by Crippen LogP contribution is 2.35. The summed E-state index contributed by atoms with van der Waals surface area (Å²) in [4.78, 5) is 63.9. The van der Waals surface area contributed by atoms with E-state index in [-0.39, 0.29) is 57.4 Å². The number of imidazole rings is 1. The number of benzene rings is 4. The average Bonchev–Trinajstić information content (AvgIpc) is 4.29. The molecule has 1 fully saturated rings. The lowest BCUT2D eigenvalue weighted by Crippen LogP contribution is -2.58. The number of carboxylic acids is 1. The maximum absolute atomic E-state index is 14.0. The first-order chi connectivity index (χ1) is 37.2. The molecule has 9 rings (SSSR count). The zero-order chi connectivity index (χ0) is 54.1. The minimum Gasteiger partial charge on any atom is -0.487 e. The number of amides is 3. The number of hydrogen-bond donors (Lipinski definition) is 5. The predicted octanol–water partition coefficient (Wildman–Crippen LogP) is 7.55. The molecule has 3 atom stereocenters. The van der Waals surface area contributed by atoms with E-state index < -0.39 is 41.4 Å². The number of aryl methyl sites for hydroxylation is 1. The van der Waals surface area contributed by atoms with Crippen LogP contribution in [0.4, 0.5) is 11.5 Å². The van der Waals surface area contributed by atoms with Crippen molar-refractivity contribution in [3.05, 3.63) is 156 Å². The summed E-state index contributed by atoms with van der Waals surface area (Å²) in [5.41, 5.74) is 9.83. The Balaban J connectivity index is 0.708. The fraction of sp³-hybridized carbons (Fsp3) is 0.298. The maximum atomic E-state index is 14.0. The number of nitrogens with one attached hydrogen (secondary N) is 3. The molecule has 1 aliphatic rings. The molecule has 8 aromatic rings. The number of carboxylic acid groups (broad SMARTS) is 1. The summed E-state index contributed by atoms with van der Waals surface area (Å²) in [5.74, 6) is -1.01. The largest absolute Gasteiger partial charge is 0.487 e. The van der Waals surface area contributed by atoms with Crippen LogP contribution in [0.25, 0.3) is 38.5 Å². The Morgan fingerprint density at radius 1 is 0.857 bits per heavy atom. The van der Waals surface area contributed by atoms with Crippen LogP contribution in [-0.4, -0.2) is 119 Å². The SMILES string of the molecule is Cc1ncsc1-c1ccc(CNC(=O)[C@@H]2C[C@@H](O)CN2C(=O)[C@@H](NC(=O)COCCOCCn2cc(COc3ccc(-c4nc5cc(-c6ccccc6)ccn5c4Nc4ccc(C(=O)O)cc4)cc3)nn2)C(C)(C)C)cc1. The molecule has 0 bridgehead atoms. The first-order valence-corrected chi connectivity index (χ1v) is 26.1. The summed E-state index contributed by atoms with van der Waals surface area (Å²) in [6.07, 6.45) is 2.93. The summed E-state index contributed by atoms with van der Waals surface area (Å²) in [6.45, 7) is 8.55. The lowest BCUT2D eigenvalue weighted by atomic mass is 9.85. The van der Waals surface area contributed by atoms with Crippen LogP contribution in [0.5, 0.6) is 5.75 Å². The number of rotatable bonds is 22. The fourth-order valence-electron chi connectivity index (χ4n) is 8.91. The molecular formula is C57H60N10O9S. The van der Waals surface area contributed by atoms with Crippen molar-refractivity contribution in [2.75, 3.05) is 38.3 Å². The Morgan fingerprint density at radius 3 is 2.31 bits per heavy atom. The molecule has 0 unspecified atom stereocenters. The predicted molar refractivity (Wildman–Crippen MR) is 290 cm³/mol. The summed E-state index contributed by atoms with van der Waals surface area (Å²) < 4.78 is 21.0. The smallest absolute Gasteiger partial charge is 0.335 e. The standard InChI is InChI=1S/C57H60N10O9S/c1-36-51(77-35-59-36)40-12-10-37(11-13-40)30-58-54(70)47-29-45(68)32-67(47)55(71)52(57(2,3)4)62-49(69)34-75-27-26-74-25-24-65-31-44(63-64-65)33-76-46-20-16-39(17-21-46)50-53(60-43-18-14-41(15-19-43)56(72)73)66-23-22-42(28-48(66)61-50)38-8-6-5-7-9-38/h5-23,28,31,35,45,47,52,60,68H,24-27,29-30,32-34H2,1-4H3,(H,58,70)(H,62,69)(H,72,73)/t45-,47+,52-/m1/s1. The van der Waals surface area contributed by atoms with E-state index in [1.54, 1.807) is 46.5 Å². The van der Waals surface area contributed by atoms with Crippen LogP contribution in [0.3, 0.4) is 0 Å². The summed E-state index contributed by atoms with van der Waals surface area (Å²) in [7, 11) is 0. The molecule has 3 amide bonds. The van der Waals surface area contributed by atoms with Crippen LogP contribution in [0, 0.1) is 12.3 Å². The third kappa shape index (κ3) is 13.4. The van der Waals surface area contributed by atoms with Crippen LogP contribution < -0.4 is 20.7 Å². The number of β-amino-alcohol motifs (C(OH)–C–C–N with tert-alkyl or cyclic N) is 1. The van der Waals surface area contributed by atoms with Crippen molar-refractivity contribution in [1.29, 1.82) is 0 Å². The second-order valence-corrected chi connectivity index (χ2v) is 20.6. The number of anilines is 2. The number of aliphatic hydroxyl groups is 1. The fourth-order valence-corrected chi connectivity index (χ4v) is 9.73. The van der Waals surface area contributed by atoms with E-state index in [1.165, 1.54) is 4.90 Å². The van der Waals surface area contributed by atoms with E-state index >= 15 is 0 Å². The number of pyridine rings is 1. The summed E-state index contributed by atoms with van der Waals surface area (Å²) in [5, 5.41) is 37.6. The van der Waals surface area contributed by atoms with Crippen molar-refractivity contribution >= 4 is 52.2 Å². The molecule has 1 aliphatic heterocycles. The van der Waals surface area contributed by atoms with Gasteiger partial charge < -0.3 is 45.3 Å². The van der Waals surface area contributed by atoms with Gasteiger partial charge in [-0.1, -0.05) is 80.6 Å². The molecule has 0 saturated carbocycles. The van der Waals surface area contributed by atoms with Gasteiger partial charge >= 0.3 is 5.97 Å². The number of carbonyl (C=O) groups is 4. The normalized spacial score (nSPS) is 14.8. The monoisotopic (exact) mass is 1060 g/mol. The Bertz CT molecular complexity index is 3320. The van der Waals surface area contributed by atoms with Gasteiger partial charge in [-0.05, 0) is 95.3 Å². The molecule has 1 saturated heterocycles. The molecule has 398 valence electrons. The molecule has 0 spiro atoms. The van der Waals surface area contributed by atoms with Crippen LogP contribution in [0.1, 0.15) is 54.5 Å². The van der Waals surface area contributed by atoms with Gasteiger partial charge in [-0.2, -0.15) is 0 Å². The van der Waals surface area contributed by atoms with E-state index in [1.807, 2.05) is 135 Å². The topological polar surface area (TPSA) is 237 Å². The molecular weight excluding hydrogens is 1000 g/mol. The molecule has 5 N–H and O–H groups in total. The van der Waals surface area contributed by atoms with Crippen LogP contribution in [0.15, 0.2) is 133 Å².